The van der Waals surface area contributed by atoms with Gasteiger partial charge in [0.15, 0.2) is 0 Å². The highest BCUT2D eigenvalue weighted by Gasteiger charge is 2.44. The first kappa shape index (κ1) is 15.1. The Hall–Kier alpha value is 0.160. The summed E-state index contributed by atoms with van der Waals surface area (Å²) in [6.07, 6.45) is 6.13. The second kappa shape index (κ2) is 6.11. The van der Waals surface area contributed by atoms with Crippen molar-refractivity contribution in [2.45, 2.75) is 43.7 Å². The van der Waals surface area contributed by atoms with E-state index in [4.69, 9.17) is 16.3 Å². The lowest BCUT2D eigenvalue weighted by Crippen LogP contribution is -2.47. The van der Waals surface area contributed by atoms with Crippen LogP contribution in [0, 0.1) is 9.49 Å². The first-order valence-corrected chi connectivity index (χ1v) is 8.85. The van der Waals surface area contributed by atoms with Crippen LogP contribution in [0.2, 0.25) is 5.02 Å². The van der Waals surface area contributed by atoms with Gasteiger partial charge in [0.1, 0.15) is 0 Å². The van der Waals surface area contributed by atoms with Crippen molar-refractivity contribution in [2.75, 3.05) is 13.7 Å². The summed E-state index contributed by atoms with van der Waals surface area (Å²) in [6, 6.07) is 6.58. The van der Waals surface area contributed by atoms with E-state index in [1.807, 2.05) is 6.07 Å². The van der Waals surface area contributed by atoms with Crippen LogP contribution in [0.25, 0.3) is 0 Å². The zero-order chi connectivity index (χ0) is 14.2. The number of benzene rings is 1. The average molecular weight is 406 g/mol. The molecule has 2 fully saturated rings. The van der Waals surface area contributed by atoms with Crippen LogP contribution in [-0.2, 0) is 4.74 Å². The third kappa shape index (κ3) is 2.87. The largest absolute Gasteiger partial charge is 0.375 e. The minimum atomic E-state index is 0.196. The smallest absolute Gasteiger partial charge is 0.0686 e. The molecule has 2 unspecified atom stereocenters. The fourth-order valence-corrected chi connectivity index (χ4v) is 4.52. The van der Waals surface area contributed by atoms with Gasteiger partial charge >= 0.3 is 0 Å². The van der Waals surface area contributed by atoms with Crippen LogP contribution in [0.3, 0.4) is 0 Å². The number of ether oxygens (including phenoxy) is 1. The van der Waals surface area contributed by atoms with Crippen LogP contribution in [0.5, 0.6) is 0 Å². The van der Waals surface area contributed by atoms with E-state index in [1.165, 1.54) is 34.8 Å². The lowest BCUT2D eigenvalue weighted by molar-refractivity contribution is -0.147. The Bertz CT molecular complexity index is 489. The maximum absolute atomic E-state index is 6.20. The van der Waals surface area contributed by atoms with E-state index in [0.29, 0.717) is 12.0 Å². The van der Waals surface area contributed by atoms with Gasteiger partial charge in [-0.25, -0.2) is 0 Å². The molecule has 1 N–H and O–H groups in total. The molecule has 0 amide bonds. The van der Waals surface area contributed by atoms with Gasteiger partial charge in [-0.1, -0.05) is 11.6 Å². The molecule has 1 aliphatic heterocycles. The molecule has 20 heavy (non-hydrogen) atoms. The zero-order valence-electron chi connectivity index (χ0n) is 11.8. The first-order valence-electron chi connectivity index (χ1n) is 7.40. The van der Waals surface area contributed by atoms with Gasteiger partial charge in [-0.2, -0.15) is 0 Å². The summed E-state index contributed by atoms with van der Waals surface area (Å²) >= 11 is 8.61. The molecule has 1 aromatic carbocycles. The predicted octanol–water partition coefficient (Wildman–Crippen LogP) is 4.55. The Morgan fingerprint density at radius 2 is 2.25 bits per heavy atom. The molecule has 0 bridgehead atoms. The Kier molecular flexibility index (Phi) is 4.60. The number of rotatable bonds is 3. The molecule has 0 radical (unpaired) electrons. The quantitative estimate of drug-likeness (QED) is 0.745. The van der Waals surface area contributed by atoms with E-state index < -0.39 is 0 Å². The van der Waals surface area contributed by atoms with Gasteiger partial charge in [-0.05, 0) is 91.4 Å². The third-order valence-electron chi connectivity index (χ3n) is 4.87. The van der Waals surface area contributed by atoms with Crippen LogP contribution in [0.1, 0.15) is 43.7 Å². The van der Waals surface area contributed by atoms with Crippen molar-refractivity contribution in [3.05, 3.63) is 32.4 Å². The summed E-state index contributed by atoms with van der Waals surface area (Å²) < 4.78 is 7.35. The summed E-state index contributed by atoms with van der Waals surface area (Å²) in [5, 5.41) is 4.35. The van der Waals surface area contributed by atoms with E-state index in [-0.39, 0.29) is 5.60 Å². The molecule has 110 valence electrons. The molecule has 2 nitrogen and oxygen atoms in total. The minimum absolute atomic E-state index is 0.196. The van der Waals surface area contributed by atoms with Gasteiger partial charge in [0.25, 0.3) is 0 Å². The van der Waals surface area contributed by atoms with Crippen LogP contribution >= 0.6 is 34.2 Å². The molecule has 1 heterocycles. The van der Waals surface area contributed by atoms with Crippen molar-refractivity contribution < 1.29 is 4.74 Å². The predicted molar refractivity (Wildman–Crippen MR) is 91.2 cm³/mol. The Morgan fingerprint density at radius 1 is 1.45 bits per heavy atom. The minimum Gasteiger partial charge on any atom is -0.375 e. The van der Waals surface area contributed by atoms with Gasteiger partial charge in [-0.15, -0.1) is 0 Å². The van der Waals surface area contributed by atoms with E-state index in [9.17, 15) is 0 Å². The molecule has 2 atom stereocenters. The molecule has 1 saturated heterocycles. The Labute approximate surface area is 139 Å². The van der Waals surface area contributed by atoms with Gasteiger partial charge in [-0.3, -0.25) is 0 Å². The second-order valence-electron chi connectivity index (χ2n) is 6.07. The molecule has 1 saturated carbocycles. The van der Waals surface area contributed by atoms with E-state index in [2.05, 4.69) is 47.1 Å². The molecular weight excluding hydrogens is 385 g/mol. The maximum atomic E-state index is 6.20. The van der Waals surface area contributed by atoms with Gasteiger partial charge in [0, 0.05) is 21.2 Å². The first-order chi connectivity index (χ1) is 9.63. The summed E-state index contributed by atoms with van der Waals surface area (Å²) in [7, 11) is 2.06. The van der Waals surface area contributed by atoms with Gasteiger partial charge in [0.05, 0.1) is 5.60 Å². The van der Waals surface area contributed by atoms with Crippen LogP contribution in [0.4, 0.5) is 0 Å². The fraction of sp³-hybridized carbons (Fsp3) is 0.625. The molecule has 1 aromatic rings. The monoisotopic (exact) mass is 405 g/mol. The topological polar surface area (TPSA) is 21.3 Å². The highest BCUT2D eigenvalue weighted by Crippen LogP contribution is 2.47. The van der Waals surface area contributed by atoms with Crippen molar-refractivity contribution in [2.24, 2.45) is 5.92 Å². The van der Waals surface area contributed by atoms with E-state index >= 15 is 0 Å². The number of halogens is 2. The van der Waals surface area contributed by atoms with Crippen molar-refractivity contribution in [1.29, 1.82) is 0 Å². The highest BCUT2D eigenvalue weighted by atomic mass is 127. The molecule has 1 aliphatic carbocycles. The fourth-order valence-electron chi connectivity index (χ4n) is 3.67. The van der Waals surface area contributed by atoms with Crippen molar-refractivity contribution in [3.63, 3.8) is 0 Å². The Balaban J connectivity index is 1.83. The van der Waals surface area contributed by atoms with Gasteiger partial charge in [0.2, 0.25) is 0 Å². The molecule has 1 spiro atoms. The maximum Gasteiger partial charge on any atom is 0.0686 e. The van der Waals surface area contributed by atoms with E-state index in [0.717, 1.165) is 18.1 Å². The Morgan fingerprint density at radius 3 is 2.90 bits per heavy atom. The SMILES string of the molecule is CNC(c1cc(Cl)ccc1I)C1CCOC2(CCC2)C1. The lowest BCUT2D eigenvalue weighted by atomic mass is 9.69. The van der Waals surface area contributed by atoms with Crippen molar-refractivity contribution in [1.82, 2.24) is 5.32 Å². The normalized spacial score (nSPS) is 26.2. The number of hydrogen-bond donors (Lipinski definition) is 1. The molecule has 4 heteroatoms. The second-order valence-corrected chi connectivity index (χ2v) is 7.67. The third-order valence-corrected chi connectivity index (χ3v) is 6.09. The summed E-state index contributed by atoms with van der Waals surface area (Å²) in [4.78, 5) is 0. The number of nitrogens with one attached hydrogen (secondary N) is 1. The lowest BCUT2D eigenvalue weighted by Gasteiger charge is -2.49. The standard InChI is InChI=1S/C16H21ClINO/c1-19-15(13-9-12(17)3-4-14(13)18)11-5-8-20-16(10-11)6-2-7-16/h3-4,9,11,15,19H,2,5-8,10H2,1H3. The number of hydrogen-bond acceptors (Lipinski definition) is 2. The van der Waals surface area contributed by atoms with Crippen LogP contribution < -0.4 is 5.32 Å². The van der Waals surface area contributed by atoms with Gasteiger partial charge < -0.3 is 10.1 Å². The highest BCUT2D eigenvalue weighted by molar-refractivity contribution is 14.1. The van der Waals surface area contributed by atoms with Crippen LogP contribution in [-0.4, -0.2) is 19.3 Å². The summed E-state index contributed by atoms with van der Waals surface area (Å²) in [5.74, 6) is 0.640. The molecule has 0 aromatic heterocycles. The summed E-state index contributed by atoms with van der Waals surface area (Å²) in [6.45, 7) is 0.903. The molecule has 2 aliphatic rings. The molecule has 3 rings (SSSR count). The van der Waals surface area contributed by atoms with Crippen molar-refractivity contribution >= 4 is 34.2 Å². The van der Waals surface area contributed by atoms with Crippen molar-refractivity contribution in [3.8, 4) is 0 Å². The van der Waals surface area contributed by atoms with E-state index in [1.54, 1.807) is 0 Å². The zero-order valence-corrected chi connectivity index (χ0v) is 14.7. The average Bonchev–Trinajstić information content (AvgIpc) is 2.42. The summed E-state index contributed by atoms with van der Waals surface area (Å²) in [5.41, 5.74) is 1.53. The van der Waals surface area contributed by atoms with Crippen LogP contribution in [0.15, 0.2) is 18.2 Å². The molecular formula is C16H21ClINO.